The number of benzene rings is 1. The number of hydrogen-bond acceptors (Lipinski definition) is 3. The molecule has 0 spiro atoms. The summed E-state index contributed by atoms with van der Waals surface area (Å²) in [5.41, 5.74) is 1.07. The third-order valence-electron chi connectivity index (χ3n) is 2.15. The third kappa shape index (κ3) is 2.62. The normalized spacial score (nSPS) is 10.2. The van der Waals surface area contributed by atoms with Gasteiger partial charge >= 0.3 is 5.69 Å². The van der Waals surface area contributed by atoms with Gasteiger partial charge in [-0.2, -0.15) is 0 Å². The van der Waals surface area contributed by atoms with Crippen molar-refractivity contribution in [1.29, 1.82) is 0 Å². The second-order valence-electron chi connectivity index (χ2n) is 3.44. The molecular weight excluding hydrogens is 288 g/mol. The van der Waals surface area contributed by atoms with E-state index in [4.69, 9.17) is 0 Å². The van der Waals surface area contributed by atoms with Gasteiger partial charge in [-0.1, -0.05) is 15.9 Å². The van der Waals surface area contributed by atoms with Crippen LogP contribution in [0.25, 0.3) is 0 Å². The molecule has 0 unspecified atom stereocenters. The SMILES string of the molecule is Cc1cc(Br)ccc1NC(=O)c1n[nH]c(=O)[nH]1. The molecule has 3 N–H and O–H groups in total. The van der Waals surface area contributed by atoms with Crippen LogP contribution in [0, 0.1) is 6.92 Å². The van der Waals surface area contributed by atoms with Gasteiger partial charge < -0.3 is 5.32 Å². The fourth-order valence-corrected chi connectivity index (χ4v) is 1.80. The highest BCUT2D eigenvalue weighted by Gasteiger charge is 2.11. The van der Waals surface area contributed by atoms with Crippen LogP contribution in [-0.2, 0) is 0 Å². The summed E-state index contributed by atoms with van der Waals surface area (Å²) in [5.74, 6) is -0.508. The van der Waals surface area contributed by atoms with Crippen molar-refractivity contribution in [3.8, 4) is 0 Å². The molecule has 0 saturated carbocycles. The summed E-state index contributed by atoms with van der Waals surface area (Å²) in [6.07, 6.45) is 0. The summed E-state index contributed by atoms with van der Waals surface area (Å²) in [7, 11) is 0. The molecule has 0 aliphatic carbocycles. The van der Waals surface area contributed by atoms with E-state index in [2.05, 4.69) is 36.4 Å². The molecule has 0 bridgehead atoms. The summed E-state index contributed by atoms with van der Waals surface area (Å²) in [6.45, 7) is 1.87. The van der Waals surface area contributed by atoms with Gasteiger partial charge in [-0.15, -0.1) is 5.10 Å². The number of rotatable bonds is 2. The first-order valence-corrected chi connectivity index (χ1v) is 5.58. The Hall–Kier alpha value is -1.89. The van der Waals surface area contributed by atoms with Crippen LogP contribution in [0.2, 0.25) is 0 Å². The minimum absolute atomic E-state index is 0.0441. The van der Waals surface area contributed by atoms with Crippen molar-refractivity contribution in [3.05, 3.63) is 44.5 Å². The Morgan fingerprint density at radius 3 is 2.82 bits per heavy atom. The number of nitrogens with zero attached hydrogens (tertiary/aromatic N) is 1. The number of hydrogen-bond donors (Lipinski definition) is 3. The fraction of sp³-hybridized carbons (Fsp3) is 0.100. The lowest BCUT2D eigenvalue weighted by Crippen LogP contribution is -2.15. The van der Waals surface area contributed by atoms with Crippen LogP contribution in [0.5, 0.6) is 0 Å². The molecule has 1 amide bonds. The molecule has 88 valence electrons. The van der Waals surface area contributed by atoms with Crippen molar-refractivity contribution in [2.45, 2.75) is 6.92 Å². The molecule has 1 aromatic heterocycles. The Morgan fingerprint density at radius 1 is 1.47 bits per heavy atom. The van der Waals surface area contributed by atoms with E-state index in [1.807, 2.05) is 19.1 Å². The number of carbonyl (C=O) groups excluding carboxylic acids is 1. The number of halogens is 1. The molecule has 1 heterocycles. The van der Waals surface area contributed by atoms with Crippen LogP contribution in [0.1, 0.15) is 16.2 Å². The van der Waals surface area contributed by atoms with Crippen LogP contribution < -0.4 is 11.0 Å². The number of carbonyl (C=O) groups is 1. The Bertz CT molecular complexity index is 617. The van der Waals surface area contributed by atoms with E-state index < -0.39 is 11.6 Å². The standard InChI is InChI=1S/C10H9BrN4O2/c1-5-4-6(11)2-3-7(5)12-9(16)8-13-10(17)15-14-8/h2-4H,1H3,(H,12,16)(H2,13,14,15,17). The van der Waals surface area contributed by atoms with Crippen molar-refractivity contribution < 1.29 is 4.79 Å². The van der Waals surface area contributed by atoms with Gasteiger partial charge in [0.2, 0.25) is 5.82 Å². The van der Waals surface area contributed by atoms with Crippen molar-refractivity contribution in [1.82, 2.24) is 15.2 Å². The summed E-state index contributed by atoms with van der Waals surface area (Å²) < 4.78 is 0.932. The predicted molar refractivity (Wildman–Crippen MR) is 66.0 cm³/mol. The van der Waals surface area contributed by atoms with Gasteiger partial charge in [-0.05, 0) is 30.7 Å². The molecule has 6 nitrogen and oxygen atoms in total. The van der Waals surface area contributed by atoms with Crippen molar-refractivity contribution in [2.75, 3.05) is 5.32 Å². The molecule has 0 radical (unpaired) electrons. The maximum absolute atomic E-state index is 11.7. The largest absolute Gasteiger partial charge is 0.341 e. The number of amides is 1. The van der Waals surface area contributed by atoms with Gasteiger partial charge in [-0.3, -0.25) is 9.78 Å². The molecular formula is C10H9BrN4O2. The second kappa shape index (κ2) is 4.54. The van der Waals surface area contributed by atoms with Gasteiger partial charge in [0.25, 0.3) is 5.91 Å². The van der Waals surface area contributed by atoms with Gasteiger partial charge in [-0.25, -0.2) is 9.89 Å². The van der Waals surface area contributed by atoms with E-state index in [-0.39, 0.29) is 5.82 Å². The maximum atomic E-state index is 11.7. The summed E-state index contributed by atoms with van der Waals surface area (Å²) >= 11 is 3.33. The first kappa shape index (κ1) is 11.6. The molecule has 1 aromatic carbocycles. The highest BCUT2D eigenvalue weighted by molar-refractivity contribution is 9.10. The zero-order valence-corrected chi connectivity index (χ0v) is 10.5. The Morgan fingerprint density at radius 2 is 2.24 bits per heavy atom. The fourth-order valence-electron chi connectivity index (χ4n) is 1.33. The zero-order valence-electron chi connectivity index (χ0n) is 8.87. The lowest BCUT2D eigenvalue weighted by atomic mass is 10.2. The summed E-state index contributed by atoms with van der Waals surface area (Å²) in [6, 6.07) is 5.46. The Balaban J connectivity index is 2.21. The van der Waals surface area contributed by atoms with Crippen LogP contribution in [0.4, 0.5) is 5.69 Å². The van der Waals surface area contributed by atoms with Gasteiger partial charge in [0.1, 0.15) is 0 Å². The van der Waals surface area contributed by atoms with Gasteiger partial charge in [0, 0.05) is 10.2 Å². The third-order valence-corrected chi connectivity index (χ3v) is 2.65. The minimum Gasteiger partial charge on any atom is -0.319 e. The second-order valence-corrected chi connectivity index (χ2v) is 4.36. The van der Waals surface area contributed by atoms with Crippen molar-refractivity contribution >= 4 is 27.5 Å². The average molecular weight is 297 g/mol. The smallest absolute Gasteiger partial charge is 0.319 e. The predicted octanol–water partition coefficient (Wildman–Crippen LogP) is 1.42. The molecule has 17 heavy (non-hydrogen) atoms. The number of anilines is 1. The van der Waals surface area contributed by atoms with Crippen LogP contribution in [0.15, 0.2) is 27.5 Å². The van der Waals surface area contributed by atoms with E-state index >= 15 is 0 Å². The van der Waals surface area contributed by atoms with Crippen molar-refractivity contribution in [2.24, 2.45) is 0 Å². The number of H-pyrrole nitrogens is 2. The first-order chi connectivity index (χ1) is 8.06. The molecule has 0 aliphatic rings. The molecule has 2 aromatic rings. The van der Waals surface area contributed by atoms with E-state index in [0.717, 1.165) is 10.0 Å². The van der Waals surface area contributed by atoms with Crippen LogP contribution in [0.3, 0.4) is 0 Å². The summed E-state index contributed by atoms with van der Waals surface area (Å²) in [4.78, 5) is 24.8. The summed E-state index contributed by atoms with van der Waals surface area (Å²) in [5, 5.41) is 8.33. The maximum Gasteiger partial charge on any atom is 0.341 e. The van der Waals surface area contributed by atoms with Gasteiger partial charge in [0.15, 0.2) is 0 Å². The molecule has 2 rings (SSSR count). The lowest BCUT2D eigenvalue weighted by Gasteiger charge is -2.06. The monoisotopic (exact) mass is 296 g/mol. The highest BCUT2D eigenvalue weighted by atomic mass is 79.9. The van der Waals surface area contributed by atoms with E-state index in [9.17, 15) is 9.59 Å². The van der Waals surface area contributed by atoms with Crippen LogP contribution >= 0.6 is 15.9 Å². The molecule has 0 saturated heterocycles. The molecule has 7 heteroatoms. The average Bonchev–Trinajstić information content (AvgIpc) is 2.69. The molecule has 0 atom stereocenters. The van der Waals surface area contributed by atoms with E-state index in [0.29, 0.717) is 5.69 Å². The van der Waals surface area contributed by atoms with Crippen molar-refractivity contribution in [3.63, 3.8) is 0 Å². The first-order valence-electron chi connectivity index (χ1n) is 4.78. The van der Waals surface area contributed by atoms with Gasteiger partial charge in [0.05, 0.1) is 0 Å². The van der Waals surface area contributed by atoms with E-state index in [1.165, 1.54) is 0 Å². The number of aryl methyl sites for hydroxylation is 1. The highest BCUT2D eigenvalue weighted by Crippen LogP contribution is 2.20. The Labute approximate surface area is 105 Å². The topological polar surface area (TPSA) is 90.6 Å². The Kier molecular flexibility index (Phi) is 3.10. The lowest BCUT2D eigenvalue weighted by molar-refractivity contribution is 0.101. The number of aromatic nitrogens is 3. The molecule has 0 aliphatic heterocycles. The zero-order chi connectivity index (χ0) is 12.4. The number of aromatic amines is 2. The minimum atomic E-state index is -0.511. The van der Waals surface area contributed by atoms with E-state index in [1.54, 1.807) is 6.07 Å². The quantitative estimate of drug-likeness (QED) is 0.783. The van der Waals surface area contributed by atoms with Crippen LogP contribution in [-0.4, -0.2) is 21.1 Å². The number of nitrogens with one attached hydrogen (secondary N) is 3. The molecule has 0 fully saturated rings.